The molecule has 22 heavy (non-hydrogen) atoms. The van der Waals surface area contributed by atoms with Crippen molar-refractivity contribution in [1.82, 2.24) is 24.8 Å². The first-order valence-corrected chi connectivity index (χ1v) is 8.32. The first-order valence-electron chi connectivity index (χ1n) is 8.32. The van der Waals surface area contributed by atoms with Crippen LogP contribution in [0.3, 0.4) is 0 Å². The number of aromatic amines is 1. The molecule has 120 valence electrons. The Balaban J connectivity index is 1.40. The summed E-state index contributed by atoms with van der Waals surface area (Å²) in [6, 6.07) is 0. The molecule has 3 heterocycles. The van der Waals surface area contributed by atoms with Gasteiger partial charge in [-0.25, -0.2) is 15.0 Å². The summed E-state index contributed by atoms with van der Waals surface area (Å²) in [5, 5.41) is 3.39. The summed E-state index contributed by atoms with van der Waals surface area (Å²) in [5.74, 6) is 2.54. The Kier molecular flexibility index (Phi) is 4.87. The number of imidazole rings is 1. The summed E-state index contributed by atoms with van der Waals surface area (Å²) in [6.07, 6.45) is 6.97. The summed E-state index contributed by atoms with van der Waals surface area (Å²) < 4.78 is 0. The Labute approximate surface area is 131 Å². The Morgan fingerprint density at radius 2 is 2.00 bits per heavy atom. The van der Waals surface area contributed by atoms with Gasteiger partial charge in [-0.05, 0) is 37.6 Å². The van der Waals surface area contributed by atoms with Crippen molar-refractivity contribution < 1.29 is 0 Å². The molecule has 2 aromatic rings. The minimum Gasteiger partial charge on any atom is -0.368 e. The van der Waals surface area contributed by atoms with Gasteiger partial charge in [-0.15, -0.1) is 0 Å². The number of likely N-dealkylation sites (tertiary alicyclic amines) is 1. The first kappa shape index (κ1) is 15.2. The van der Waals surface area contributed by atoms with Gasteiger partial charge in [-0.3, -0.25) is 0 Å². The third kappa shape index (κ3) is 3.74. The van der Waals surface area contributed by atoms with Crippen molar-refractivity contribution in [3.05, 3.63) is 12.7 Å². The van der Waals surface area contributed by atoms with Crippen molar-refractivity contribution in [2.24, 2.45) is 11.8 Å². The number of piperidine rings is 1. The van der Waals surface area contributed by atoms with Crippen LogP contribution in [0.1, 0.15) is 33.1 Å². The highest BCUT2D eigenvalue weighted by atomic mass is 15.1. The molecular formula is C16H26N6. The van der Waals surface area contributed by atoms with E-state index in [9.17, 15) is 0 Å². The van der Waals surface area contributed by atoms with E-state index in [-0.39, 0.29) is 0 Å². The van der Waals surface area contributed by atoms with E-state index in [1.165, 1.54) is 32.5 Å². The summed E-state index contributed by atoms with van der Waals surface area (Å²) in [7, 11) is 0. The second kappa shape index (κ2) is 7.05. The van der Waals surface area contributed by atoms with Gasteiger partial charge in [-0.2, -0.15) is 0 Å². The summed E-state index contributed by atoms with van der Waals surface area (Å²) in [4.78, 5) is 18.3. The van der Waals surface area contributed by atoms with Crippen molar-refractivity contribution in [2.75, 3.05) is 31.5 Å². The standard InChI is InChI=1S/C16H26N6/c1-12-7-13(2)9-22(8-12)6-4-3-5-17-15-14-16(19-10-18-14)21-11-20-15/h10-13H,3-9H2,1-2H3,(H2,17,18,19,20,21)/t12-,13-/m0/s1. The third-order valence-electron chi connectivity index (χ3n) is 4.36. The molecule has 6 nitrogen and oxygen atoms in total. The zero-order valence-corrected chi connectivity index (χ0v) is 13.5. The lowest BCUT2D eigenvalue weighted by Gasteiger charge is -2.34. The van der Waals surface area contributed by atoms with E-state index < -0.39 is 0 Å². The molecule has 1 saturated heterocycles. The van der Waals surface area contributed by atoms with Gasteiger partial charge in [0.1, 0.15) is 11.8 Å². The van der Waals surface area contributed by atoms with Crippen LogP contribution in [0.2, 0.25) is 0 Å². The molecule has 0 radical (unpaired) electrons. The predicted molar refractivity (Wildman–Crippen MR) is 88.8 cm³/mol. The number of rotatable bonds is 6. The van der Waals surface area contributed by atoms with Crippen LogP contribution in [-0.2, 0) is 0 Å². The molecule has 0 amide bonds. The lowest BCUT2D eigenvalue weighted by Crippen LogP contribution is -2.39. The predicted octanol–water partition coefficient (Wildman–Crippen LogP) is 2.52. The topological polar surface area (TPSA) is 69.7 Å². The average molecular weight is 302 g/mol. The number of hydrogen-bond donors (Lipinski definition) is 2. The summed E-state index contributed by atoms with van der Waals surface area (Å²) in [6.45, 7) is 9.41. The Bertz CT molecular complexity index is 585. The minimum atomic E-state index is 0.716. The SMILES string of the molecule is C[C@H]1C[C@H](C)CN(CCCCNc2ncnc3nc[nH]c23)C1. The van der Waals surface area contributed by atoms with Crippen LogP contribution in [0, 0.1) is 11.8 Å². The fraction of sp³-hybridized carbons (Fsp3) is 0.688. The number of H-pyrrole nitrogens is 1. The quantitative estimate of drug-likeness (QED) is 0.802. The van der Waals surface area contributed by atoms with E-state index >= 15 is 0 Å². The molecule has 6 heteroatoms. The van der Waals surface area contributed by atoms with Gasteiger partial charge in [0, 0.05) is 19.6 Å². The van der Waals surface area contributed by atoms with Crippen molar-refractivity contribution in [2.45, 2.75) is 33.1 Å². The van der Waals surface area contributed by atoms with Gasteiger partial charge in [-0.1, -0.05) is 13.8 Å². The Hall–Kier alpha value is -1.69. The second-order valence-electron chi connectivity index (χ2n) is 6.66. The molecule has 0 bridgehead atoms. The summed E-state index contributed by atoms with van der Waals surface area (Å²) in [5.41, 5.74) is 1.61. The number of hydrogen-bond acceptors (Lipinski definition) is 5. The smallest absolute Gasteiger partial charge is 0.182 e. The zero-order chi connectivity index (χ0) is 15.4. The van der Waals surface area contributed by atoms with Crippen LogP contribution >= 0.6 is 0 Å². The number of unbranched alkanes of at least 4 members (excludes halogenated alkanes) is 1. The van der Waals surface area contributed by atoms with Crippen LogP contribution in [0.5, 0.6) is 0 Å². The van der Waals surface area contributed by atoms with E-state index in [1.807, 2.05) is 0 Å². The zero-order valence-electron chi connectivity index (χ0n) is 13.5. The second-order valence-corrected chi connectivity index (χ2v) is 6.66. The van der Waals surface area contributed by atoms with Crippen molar-refractivity contribution in [3.8, 4) is 0 Å². The van der Waals surface area contributed by atoms with Gasteiger partial charge in [0.25, 0.3) is 0 Å². The normalized spacial score (nSPS) is 23.0. The van der Waals surface area contributed by atoms with Gasteiger partial charge < -0.3 is 15.2 Å². The maximum absolute atomic E-state index is 4.28. The van der Waals surface area contributed by atoms with Crippen LogP contribution < -0.4 is 5.32 Å². The van der Waals surface area contributed by atoms with Crippen LogP contribution in [-0.4, -0.2) is 51.0 Å². The number of fused-ring (bicyclic) bond motifs is 1. The van der Waals surface area contributed by atoms with E-state index in [4.69, 9.17) is 0 Å². The Morgan fingerprint density at radius 1 is 1.18 bits per heavy atom. The van der Waals surface area contributed by atoms with Crippen molar-refractivity contribution in [3.63, 3.8) is 0 Å². The molecule has 0 aromatic carbocycles. The number of anilines is 1. The van der Waals surface area contributed by atoms with E-state index in [0.717, 1.165) is 36.1 Å². The summed E-state index contributed by atoms with van der Waals surface area (Å²) >= 11 is 0. The number of nitrogens with zero attached hydrogens (tertiary/aromatic N) is 4. The lowest BCUT2D eigenvalue weighted by molar-refractivity contribution is 0.139. The minimum absolute atomic E-state index is 0.716. The highest BCUT2D eigenvalue weighted by molar-refractivity contribution is 5.81. The molecular weight excluding hydrogens is 276 g/mol. The molecule has 1 aliphatic rings. The largest absolute Gasteiger partial charge is 0.368 e. The van der Waals surface area contributed by atoms with Gasteiger partial charge in [0.05, 0.1) is 6.33 Å². The molecule has 0 saturated carbocycles. The van der Waals surface area contributed by atoms with Gasteiger partial charge in [0.2, 0.25) is 0 Å². The monoisotopic (exact) mass is 302 g/mol. The van der Waals surface area contributed by atoms with E-state index in [2.05, 4.69) is 44.0 Å². The highest BCUT2D eigenvalue weighted by Gasteiger charge is 2.20. The van der Waals surface area contributed by atoms with Crippen LogP contribution in [0.4, 0.5) is 5.82 Å². The number of aromatic nitrogens is 4. The maximum atomic E-state index is 4.28. The van der Waals surface area contributed by atoms with E-state index in [0.29, 0.717) is 5.65 Å². The molecule has 2 atom stereocenters. The van der Waals surface area contributed by atoms with Gasteiger partial charge >= 0.3 is 0 Å². The third-order valence-corrected chi connectivity index (χ3v) is 4.36. The lowest BCUT2D eigenvalue weighted by atomic mass is 9.92. The fourth-order valence-electron chi connectivity index (χ4n) is 3.54. The molecule has 3 rings (SSSR count). The fourth-order valence-corrected chi connectivity index (χ4v) is 3.54. The number of nitrogens with one attached hydrogen (secondary N) is 2. The molecule has 1 fully saturated rings. The van der Waals surface area contributed by atoms with Crippen molar-refractivity contribution >= 4 is 17.0 Å². The Morgan fingerprint density at radius 3 is 2.82 bits per heavy atom. The molecule has 0 aliphatic carbocycles. The molecule has 1 aliphatic heterocycles. The highest BCUT2D eigenvalue weighted by Crippen LogP contribution is 2.21. The van der Waals surface area contributed by atoms with Crippen LogP contribution in [0.25, 0.3) is 11.2 Å². The van der Waals surface area contributed by atoms with Crippen molar-refractivity contribution in [1.29, 1.82) is 0 Å². The maximum Gasteiger partial charge on any atom is 0.182 e. The average Bonchev–Trinajstić information content (AvgIpc) is 2.95. The van der Waals surface area contributed by atoms with Crippen LogP contribution in [0.15, 0.2) is 12.7 Å². The molecule has 2 aromatic heterocycles. The molecule has 0 spiro atoms. The molecule has 2 N–H and O–H groups in total. The first-order chi connectivity index (χ1) is 10.7. The molecule has 0 unspecified atom stereocenters. The van der Waals surface area contributed by atoms with E-state index in [1.54, 1.807) is 12.7 Å². The van der Waals surface area contributed by atoms with Gasteiger partial charge in [0.15, 0.2) is 11.5 Å².